The third-order valence-corrected chi connectivity index (χ3v) is 5.77. The van der Waals surface area contributed by atoms with Crippen LogP contribution in [-0.2, 0) is 17.4 Å². The quantitative estimate of drug-likeness (QED) is 0.478. The van der Waals surface area contributed by atoms with Gasteiger partial charge in [0, 0.05) is 29.8 Å². The molecule has 8 heteroatoms. The smallest absolute Gasteiger partial charge is 0.390 e. The lowest BCUT2D eigenvalue weighted by molar-refractivity contribution is -0.136. The van der Waals surface area contributed by atoms with Crippen molar-refractivity contribution in [2.45, 2.75) is 83.0 Å². The molecule has 160 valence electrons. The van der Waals surface area contributed by atoms with E-state index in [0.29, 0.717) is 41.5 Å². The number of aryl methyl sites for hydroxylation is 1. The summed E-state index contributed by atoms with van der Waals surface area (Å²) in [4.78, 5) is 16.3. The summed E-state index contributed by atoms with van der Waals surface area (Å²) in [5, 5.41) is 9.72. The van der Waals surface area contributed by atoms with E-state index in [0.717, 1.165) is 25.3 Å². The number of rotatable bonds is 8. The van der Waals surface area contributed by atoms with Crippen LogP contribution in [0, 0.1) is 0 Å². The SMILES string of the molecule is CC(C)(O)CC(=O)CCCCc1nc2c(C(F)(F)F)cc(Br)cc2n1C1CCC1. The molecule has 0 amide bonds. The maximum atomic E-state index is 13.5. The number of alkyl halides is 3. The zero-order valence-electron chi connectivity index (χ0n) is 16.7. The van der Waals surface area contributed by atoms with Gasteiger partial charge in [0.25, 0.3) is 0 Å². The largest absolute Gasteiger partial charge is 0.418 e. The summed E-state index contributed by atoms with van der Waals surface area (Å²) in [7, 11) is 0. The molecule has 0 spiro atoms. The van der Waals surface area contributed by atoms with Crippen LogP contribution in [0.15, 0.2) is 16.6 Å². The van der Waals surface area contributed by atoms with Crippen molar-refractivity contribution in [2.75, 3.05) is 0 Å². The van der Waals surface area contributed by atoms with Crippen molar-refractivity contribution in [2.24, 2.45) is 0 Å². The molecule has 0 unspecified atom stereocenters. The molecule has 29 heavy (non-hydrogen) atoms. The van der Waals surface area contributed by atoms with Crippen molar-refractivity contribution in [3.63, 3.8) is 0 Å². The fraction of sp³-hybridized carbons (Fsp3) is 0.619. The Morgan fingerprint density at radius 3 is 2.52 bits per heavy atom. The van der Waals surface area contributed by atoms with Crippen LogP contribution in [-0.4, -0.2) is 26.0 Å². The Kier molecular flexibility index (Phi) is 6.44. The number of imidazole rings is 1. The molecule has 1 heterocycles. The van der Waals surface area contributed by atoms with Crippen molar-refractivity contribution < 1.29 is 23.1 Å². The minimum atomic E-state index is -4.47. The lowest BCUT2D eigenvalue weighted by Crippen LogP contribution is -2.23. The van der Waals surface area contributed by atoms with Crippen LogP contribution >= 0.6 is 15.9 Å². The zero-order chi connectivity index (χ0) is 21.4. The first kappa shape index (κ1) is 22.3. The summed E-state index contributed by atoms with van der Waals surface area (Å²) >= 11 is 3.21. The van der Waals surface area contributed by atoms with Gasteiger partial charge in [-0.15, -0.1) is 0 Å². The van der Waals surface area contributed by atoms with Gasteiger partial charge in [0.15, 0.2) is 0 Å². The van der Waals surface area contributed by atoms with Crippen LogP contribution in [0.4, 0.5) is 13.2 Å². The number of aliphatic hydroxyl groups is 1. The van der Waals surface area contributed by atoms with Crippen molar-refractivity contribution in [1.82, 2.24) is 9.55 Å². The van der Waals surface area contributed by atoms with Crippen molar-refractivity contribution >= 4 is 32.7 Å². The van der Waals surface area contributed by atoms with Crippen LogP contribution in [0.2, 0.25) is 0 Å². The fourth-order valence-corrected chi connectivity index (χ4v) is 4.27. The predicted octanol–water partition coefficient (Wildman–Crippen LogP) is 5.99. The molecule has 1 N–H and O–H groups in total. The van der Waals surface area contributed by atoms with E-state index < -0.39 is 17.3 Å². The first-order chi connectivity index (χ1) is 13.5. The van der Waals surface area contributed by atoms with Gasteiger partial charge in [-0.25, -0.2) is 4.98 Å². The Balaban J connectivity index is 1.81. The van der Waals surface area contributed by atoms with E-state index in [4.69, 9.17) is 0 Å². The van der Waals surface area contributed by atoms with Crippen LogP contribution in [0.25, 0.3) is 11.0 Å². The summed E-state index contributed by atoms with van der Waals surface area (Å²) in [6, 6.07) is 2.98. The molecule has 0 aliphatic heterocycles. The number of hydrogen-bond acceptors (Lipinski definition) is 3. The Morgan fingerprint density at radius 1 is 1.28 bits per heavy atom. The number of halogens is 4. The molecular weight excluding hydrogens is 449 g/mol. The highest BCUT2D eigenvalue weighted by molar-refractivity contribution is 9.10. The normalized spacial score (nSPS) is 15.7. The molecule has 1 aromatic heterocycles. The van der Waals surface area contributed by atoms with Gasteiger partial charge in [-0.3, -0.25) is 4.79 Å². The summed E-state index contributed by atoms with van der Waals surface area (Å²) in [6.45, 7) is 3.20. The lowest BCUT2D eigenvalue weighted by atomic mass is 9.92. The number of ketones is 1. The van der Waals surface area contributed by atoms with Gasteiger partial charge in [-0.2, -0.15) is 13.2 Å². The Hall–Kier alpha value is -1.41. The number of aromatic nitrogens is 2. The second kappa shape index (κ2) is 8.38. The molecule has 1 aromatic carbocycles. The molecule has 0 saturated heterocycles. The molecule has 1 fully saturated rings. The molecule has 0 bridgehead atoms. The molecule has 3 rings (SSSR count). The Labute approximate surface area is 176 Å². The van der Waals surface area contributed by atoms with E-state index >= 15 is 0 Å². The molecule has 1 aliphatic rings. The monoisotopic (exact) mass is 474 g/mol. The molecule has 0 atom stereocenters. The van der Waals surface area contributed by atoms with Gasteiger partial charge >= 0.3 is 6.18 Å². The summed E-state index contributed by atoms with van der Waals surface area (Å²) in [6.07, 6.45) is 0.748. The van der Waals surface area contributed by atoms with E-state index in [2.05, 4.69) is 20.9 Å². The highest BCUT2D eigenvalue weighted by Gasteiger charge is 2.36. The third kappa shape index (κ3) is 5.40. The van der Waals surface area contributed by atoms with E-state index in [9.17, 15) is 23.1 Å². The van der Waals surface area contributed by atoms with Crippen LogP contribution in [0.3, 0.4) is 0 Å². The average Bonchev–Trinajstić information content (AvgIpc) is 2.85. The maximum absolute atomic E-state index is 13.5. The lowest BCUT2D eigenvalue weighted by Gasteiger charge is -2.29. The van der Waals surface area contributed by atoms with Crippen molar-refractivity contribution in [1.29, 1.82) is 0 Å². The van der Waals surface area contributed by atoms with Gasteiger partial charge in [-0.1, -0.05) is 15.9 Å². The zero-order valence-corrected chi connectivity index (χ0v) is 18.2. The number of carbonyl (C=O) groups is 1. The number of hydrogen-bond donors (Lipinski definition) is 1. The van der Waals surface area contributed by atoms with Gasteiger partial charge in [-0.05, 0) is 58.1 Å². The van der Waals surface area contributed by atoms with Crippen LogP contribution < -0.4 is 0 Å². The maximum Gasteiger partial charge on any atom is 0.418 e. The molecule has 2 aromatic rings. The minimum Gasteiger partial charge on any atom is -0.390 e. The second-order valence-electron chi connectivity index (χ2n) is 8.54. The van der Waals surface area contributed by atoms with Crippen LogP contribution in [0.1, 0.15) is 76.2 Å². The topological polar surface area (TPSA) is 55.1 Å². The molecule has 0 radical (unpaired) electrons. The Morgan fingerprint density at radius 2 is 1.97 bits per heavy atom. The average molecular weight is 475 g/mol. The number of Topliss-reactive ketones (excluding diaryl/α,β-unsaturated/α-hetero) is 1. The molecule has 1 aliphatic carbocycles. The van der Waals surface area contributed by atoms with Crippen molar-refractivity contribution in [3.05, 3.63) is 28.0 Å². The van der Waals surface area contributed by atoms with E-state index in [1.165, 1.54) is 0 Å². The van der Waals surface area contributed by atoms with Gasteiger partial charge in [0.2, 0.25) is 0 Å². The Bertz CT molecular complexity index is 896. The van der Waals surface area contributed by atoms with Gasteiger partial charge < -0.3 is 9.67 Å². The standard InChI is InChI=1S/C21H26BrF3N2O2/c1-20(2,29)12-15(28)8-3-4-9-18-26-19-16(21(23,24)25)10-13(22)11-17(19)27(18)14-6-5-7-14/h10-11,14,29H,3-9,12H2,1-2H3. The molecule has 1 saturated carbocycles. The number of unbranched alkanes of at least 4 members (excludes halogenated alkanes) is 1. The second-order valence-corrected chi connectivity index (χ2v) is 9.45. The highest BCUT2D eigenvalue weighted by Crippen LogP contribution is 2.41. The first-order valence-electron chi connectivity index (χ1n) is 9.97. The van der Waals surface area contributed by atoms with E-state index in [-0.39, 0.29) is 23.8 Å². The summed E-state index contributed by atoms with van der Waals surface area (Å²) in [5.41, 5.74) is -1.22. The van der Waals surface area contributed by atoms with Crippen LogP contribution in [0.5, 0.6) is 0 Å². The number of carbonyl (C=O) groups excluding carboxylic acids is 1. The molecular formula is C21H26BrF3N2O2. The van der Waals surface area contributed by atoms with Crippen molar-refractivity contribution in [3.8, 4) is 0 Å². The fourth-order valence-electron chi connectivity index (χ4n) is 3.83. The number of benzene rings is 1. The van der Waals surface area contributed by atoms with E-state index in [1.807, 2.05) is 4.57 Å². The van der Waals surface area contributed by atoms with Gasteiger partial charge in [0.1, 0.15) is 17.1 Å². The molecule has 4 nitrogen and oxygen atoms in total. The summed E-state index contributed by atoms with van der Waals surface area (Å²) in [5.74, 6) is 0.650. The number of nitrogens with zero attached hydrogens (tertiary/aromatic N) is 2. The summed E-state index contributed by atoms with van der Waals surface area (Å²) < 4.78 is 43.0. The van der Waals surface area contributed by atoms with E-state index in [1.54, 1.807) is 19.9 Å². The minimum absolute atomic E-state index is 0.000654. The van der Waals surface area contributed by atoms with Gasteiger partial charge in [0.05, 0.1) is 16.7 Å². The predicted molar refractivity (Wildman–Crippen MR) is 109 cm³/mol. The highest BCUT2D eigenvalue weighted by atomic mass is 79.9. The first-order valence-corrected chi connectivity index (χ1v) is 10.8. The number of fused-ring (bicyclic) bond motifs is 1. The third-order valence-electron chi connectivity index (χ3n) is 5.31.